The van der Waals surface area contributed by atoms with Gasteiger partial charge in [0.15, 0.2) is 5.82 Å². The molecule has 7 nitrogen and oxygen atoms in total. The molecule has 0 aliphatic heterocycles. The Morgan fingerprint density at radius 2 is 2.30 bits per heavy atom. The molecule has 0 bridgehead atoms. The van der Waals surface area contributed by atoms with Crippen LogP contribution in [-0.2, 0) is 17.9 Å². The number of hydrogen-bond acceptors (Lipinski definition) is 6. The molecule has 0 fully saturated rings. The highest BCUT2D eigenvalue weighted by atomic mass is 16.5. The van der Waals surface area contributed by atoms with E-state index in [2.05, 4.69) is 15.1 Å². The zero-order chi connectivity index (χ0) is 13.9. The lowest BCUT2D eigenvalue weighted by Crippen LogP contribution is -2.20. The molecule has 102 valence electrons. The first-order valence-electron chi connectivity index (χ1n) is 6.02. The van der Waals surface area contributed by atoms with E-state index in [0.717, 1.165) is 0 Å². The van der Waals surface area contributed by atoms with E-state index in [1.807, 2.05) is 0 Å². The Kier molecular flexibility index (Phi) is 3.26. The smallest absolute Gasteiger partial charge is 0.260 e. The summed E-state index contributed by atoms with van der Waals surface area (Å²) in [5.74, 6) is 0.820. The molecule has 0 saturated carbocycles. The maximum Gasteiger partial charge on any atom is 0.260 e. The Bertz CT molecular complexity index is 793. The number of nitrogens with zero attached hydrogens (tertiary/aromatic N) is 4. The highest BCUT2D eigenvalue weighted by Crippen LogP contribution is 2.06. The van der Waals surface area contributed by atoms with Crippen molar-refractivity contribution in [3.8, 4) is 0 Å². The fraction of sp³-hybridized carbons (Fsp3) is 0.231. The van der Waals surface area contributed by atoms with Crippen LogP contribution in [0.1, 0.15) is 11.7 Å². The summed E-state index contributed by atoms with van der Waals surface area (Å²) in [4.78, 5) is 20.5. The molecule has 20 heavy (non-hydrogen) atoms. The van der Waals surface area contributed by atoms with Crippen molar-refractivity contribution < 1.29 is 9.26 Å². The third-order valence-corrected chi connectivity index (χ3v) is 2.83. The lowest BCUT2D eigenvalue weighted by Gasteiger charge is -2.03. The summed E-state index contributed by atoms with van der Waals surface area (Å²) in [6.45, 7) is 0.500. The third kappa shape index (κ3) is 2.30. The Labute approximate surface area is 113 Å². The van der Waals surface area contributed by atoms with Crippen molar-refractivity contribution in [3.63, 3.8) is 0 Å². The van der Waals surface area contributed by atoms with E-state index < -0.39 is 0 Å². The van der Waals surface area contributed by atoms with Gasteiger partial charge in [0.25, 0.3) is 5.56 Å². The van der Waals surface area contributed by atoms with Crippen LogP contribution in [0.5, 0.6) is 0 Å². The van der Waals surface area contributed by atoms with Gasteiger partial charge in [-0.25, -0.2) is 0 Å². The summed E-state index contributed by atoms with van der Waals surface area (Å²) in [5, 5.41) is 4.32. The number of aromatic nitrogens is 4. The van der Waals surface area contributed by atoms with Gasteiger partial charge in [-0.2, -0.15) is 4.98 Å². The van der Waals surface area contributed by atoms with E-state index in [1.165, 1.54) is 4.57 Å². The molecule has 0 aromatic carbocycles. The molecule has 0 spiro atoms. The second-order valence-corrected chi connectivity index (χ2v) is 4.22. The van der Waals surface area contributed by atoms with Crippen molar-refractivity contribution in [1.82, 2.24) is 19.7 Å². The van der Waals surface area contributed by atoms with E-state index in [4.69, 9.17) is 9.26 Å². The van der Waals surface area contributed by atoms with Gasteiger partial charge in [-0.15, -0.1) is 0 Å². The van der Waals surface area contributed by atoms with Crippen molar-refractivity contribution >= 4 is 10.9 Å². The molecule has 0 atom stereocenters. The van der Waals surface area contributed by atoms with Crippen molar-refractivity contribution in [3.05, 3.63) is 52.7 Å². The van der Waals surface area contributed by atoms with Crippen molar-refractivity contribution in [2.24, 2.45) is 0 Å². The van der Waals surface area contributed by atoms with Crippen molar-refractivity contribution in [2.75, 3.05) is 7.11 Å². The van der Waals surface area contributed by atoms with Gasteiger partial charge in [-0.3, -0.25) is 9.78 Å². The van der Waals surface area contributed by atoms with Crippen molar-refractivity contribution in [2.45, 2.75) is 13.2 Å². The Morgan fingerprint density at radius 1 is 1.40 bits per heavy atom. The first-order valence-corrected chi connectivity index (χ1v) is 6.02. The summed E-state index contributed by atoms with van der Waals surface area (Å²) in [5.41, 5.74) is 0.529. The minimum atomic E-state index is -0.137. The van der Waals surface area contributed by atoms with Crippen LogP contribution in [-0.4, -0.2) is 26.8 Å². The molecule has 0 saturated heterocycles. The molecule has 3 aromatic heterocycles. The average molecular weight is 272 g/mol. The molecule has 0 N–H and O–H groups in total. The maximum atomic E-state index is 12.3. The Hall–Kier alpha value is -2.54. The van der Waals surface area contributed by atoms with Crippen LogP contribution >= 0.6 is 0 Å². The van der Waals surface area contributed by atoms with Gasteiger partial charge in [0, 0.05) is 19.5 Å². The lowest BCUT2D eigenvalue weighted by atomic mass is 10.2. The number of ether oxygens (including phenoxy) is 1. The fourth-order valence-corrected chi connectivity index (χ4v) is 1.93. The monoisotopic (exact) mass is 272 g/mol. The summed E-state index contributed by atoms with van der Waals surface area (Å²) in [7, 11) is 1.55. The molecule has 0 amide bonds. The van der Waals surface area contributed by atoms with Crippen LogP contribution in [0.15, 0.2) is 39.9 Å². The molecule has 3 heterocycles. The summed E-state index contributed by atoms with van der Waals surface area (Å²) in [6.07, 6.45) is 3.32. The first kappa shape index (κ1) is 12.5. The van der Waals surface area contributed by atoms with Crippen LogP contribution in [0.25, 0.3) is 10.9 Å². The second-order valence-electron chi connectivity index (χ2n) is 4.22. The van der Waals surface area contributed by atoms with E-state index in [-0.39, 0.29) is 18.7 Å². The minimum Gasteiger partial charge on any atom is -0.377 e. The highest BCUT2D eigenvalue weighted by molar-refractivity contribution is 5.76. The zero-order valence-corrected chi connectivity index (χ0v) is 10.8. The third-order valence-electron chi connectivity index (χ3n) is 2.83. The molecule has 0 unspecified atom stereocenters. The predicted molar refractivity (Wildman–Crippen MR) is 70.1 cm³/mol. The van der Waals surface area contributed by atoms with Gasteiger partial charge in [0.2, 0.25) is 5.89 Å². The van der Waals surface area contributed by atoms with Gasteiger partial charge >= 0.3 is 0 Å². The molecule has 0 aliphatic carbocycles. The van der Waals surface area contributed by atoms with E-state index >= 15 is 0 Å². The summed E-state index contributed by atoms with van der Waals surface area (Å²) in [6, 6.07) is 5.26. The SMILES string of the molecule is COCc1noc(Cn2ccc3ncccc3c2=O)n1. The molecule has 0 radical (unpaired) electrons. The molecule has 3 rings (SSSR count). The van der Waals surface area contributed by atoms with E-state index in [1.54, 1.807) is 37.7 Å². The molecular weight excluding hydrogens is 260 g/mol. The molecule has 7 heteroatoms. The number of fused-ring (bicyclic) bond motifs is 1. The van der Waals surface area contributed by atoms with Crippen LogP contribution < -0.4 is 5.56 Å². The van der Waals surface area contributed by atoms with Gasteiger partial charge in [0.05, 0.1) is 10.9 Å². The zero-order valence-electron chi connectivity index (χ0n) is 10.8. The van der Waals surface area contributed by atoms with Crippen LogP contribution in [0.2, 0.25) is 0 Å². The van der Waals surface area contributed by atoms with Gasteiger partial charge < -0.3 is 13.8 Å². The summed E-state index contributed by atoms with van der Waals surface area (Å²) >= 11 is 0. The fourth-order valence-electron chi connectivity index (χ4n) is 1.93. The number of methoxy groups -OCH3 is 1. The Morgan fingerprint density at radius 3 is 3.15 bits per heavy atom. The van der Waals surface area contributed by atoms with Gasteiger partial charge in [-0.1, -0.05) is 5.16 Å². The quantitative estimate of drug-likeness (QED) is 0.704. The van der Waals surface area contributed by atoms with Crippen LogP contribution in [0.4, 0.5) is 0 Å². The van der Waals surface area contributed by atoms with Gasteiger partial charge in [-0.05, 0) is 18.2 Å². The van der Waals surface area contributed by atoms with Crippen LogP contribution in [0, 0.1) is 0 Å². The molecule has 3 aromatic rings. The number of pyridine rings is 2. The van der Waals surface area contributed by atoms with Gasteiger partial charge in [0.1, 0.15) is 13.2 Å². The topological polar surface area (TPSA) is 83.0 Å². The van der Waals surface area contributed by atoms with Crippen molar-refractivity contribution in [1.29, 1.82) is 0 Å². The average Bonchev–Trinajstić information content (AvgIpc) is 2.90. The standard InChI is InChI=1S/C13H12N4O3/c1-19-8-11-15-12(20-16-11)7-17-6-4-10-9(13(17)18)3-2-5-14-10/h2-6H,7-8H2,1H3. The van der Waals surface area contributed by atoms with E-state index in [9.17, 15) is 4.79 Å². The Balaban J connectivity index is 1.94. The maximum absolute atomic E-state index is 12.3. The van der Waals surface area contributed by atoms with Crippen LogP contribution in [0.3, 0.4) is 0 Å². The first-order chi connectivity index (χ1) is 9.78. The number of hydrogen-bond donors (Lipinski definition) is 0. The van der Waals surface area contributed by atoms with E-state index in [0.29, 0.717) is 22.6 Å². The normalized spacial score (nSPS) is 11.1. The summed E-state index contributed by atoms with van der Waals surface area (Å²) < 4.78 is 11.5. The number of rotatable bonds is 4. The molecular formula is C13H12N4O3. The highest BCUT2D eigenvalue weighted by Gasteiger charge is 2.09. The largest absolute Gasteiger partial charge is 0.377 e. The molecule has 0 aliphatic rings. The minimum absolute atomic E-state index is 0.137. The lowest BCUT2D eigenvalue weighted by molar-refractivity contribution is 0.174. The second kappa shape index (κ2) is 5.22. The predicted octanol–water partition coefficient (Wildman–Crippen LogP) is 0.974.